The molecule has 0 bridgehead atoms. The first-order valence-corrected chi connectivity index (χ1v) is 8.31. The largest absolute Gasteiger partial charge is 0.487 e. The Balaban J connectivity index is 1.73. The lowest BCUT2D eigenvalue weighted by Crippen LogP contribution is -1.98. The zero-order valence-electron chi connectivity index (χ0n) is 11.5. The van der Waals surface area contributed by atoms with Gasteiger partial charge in [0.2, 0.25) is 0 Å². The van der Waals surface area contributed by atoms with Gasteiger partial charge in [-0.25, -0.2) is 4.98 Å². The van der Waals surface area contributed by atoms with Crippen molar-refractivity contribution in [2.75, 3.05) is 0 Å². The molecule has 0 unspecified atom stereocenters. The SMILES string of the molecule is O=Cc1cc(Br)ccc1OCc1csc(-c2ccccc2)n1. The summed E-state index contributed by atoms with van der Waals surface area (Å²) in [4.78, 5) is 15.6. The number of hydrogen-bond acceptors (Lipinski definition) is 4. The van der Waals surface area contributed by atoms with Crippen molar-refractivity contribution < 1.29 is 9.53 Å². The first-order chi connectivity index (χ1) is 10.8. The Hall–Kier alpha value is -1.98. The second kappa shape index (κ2) is 6.85. The molecule has 0 spiro atoms. The second-order valence-corrected chi connectivity index (χ2v) is 6.37. The van der Waals surface area contributed by atoms with Crippen LogP contribution in [0.2, 0.25) is 0 Å². The van der Waals surface area contributed by atoms with Crippen LogP contribution < -0.4 is 4.74 Å². The molecular formula is C17H12BrNO2S. The van der Waals surface area contributed by atoms with E-state index in [0.29, 0.717) is 17.9 Å². The lowest BCUT2D eigenvalue weighted by molar-refractivity contribution is 0.111. The van der Waals surface area contributed by atoms with E-state index >= 15 is 0 Å². The summed E-state index contributed by atoms with van der Waals surface area (Å²) < 4.78 is 6.56. The van der Waals surface area contributed by atoms with Gasteiger partial charge in [0.25, 0.3) is 0 Å². The van der Waals surface area contributed by atoms with Gasteiger partial charge in [-0.05, 0) is 18.2 Å². The summed E-state index contributed by atoms with van der Waals surface area (Å²) in [5.41, 5.74) is 2.47. The molecule has 0 radical (unpaired) electrons. The van der Waals surface area contributed by atoms with Crippen LogP contribution in [-0.2, 0) is 6.61 Å². The first kappa shape index (κ1) is 14.9. The summed E-state index contributed by atoms with van der Waals surface area (Å²) in [6, 6.07) is 15.4. The quantitative estimate of drug-likeness (QED) is 0.593. The molecule has 2 aromatic carbocycles. The Kier molecular flexibility index (Phi) is 4.65. The molecule has 3 nitrogen and oxygen atoms in total. The molecule has 110 valence electrons. The number of thiazole rings is 1. The van der Waals surface area contributed by atoms with E-state index in [-0.39, 0.29) is 0 Å². The molecule has 1 heterocycles. The molecule has 0 aliphatic rings. The van der Waals surface area contributed by atoms with Crippen LogP contribution in [0.4, 0.5) is 0 Å². The normalized spacial score (nSPS) is 10.4. The minimum Gasteiger partial charge on any atom is -0.487 e. The number of nitrogens with zero attached hydrogens (tertiary/aromatic N) is 1. The summed E-state index contributed by atoms with van der Waals surface area (Å²) in [6.07, 6.45) is 0.788. The van der Waals surface area contributed by atoms with E-state index < -0.39 is 0 Å². The maximum absolute atomic E-state index is 11.1. The summed E-state index contributed by atoms with van der Waals surface area (Å²) in [7, 11) is 0. The van der Waals surface area contributed by atoms with Crippen LogP contribution in [-0.4, -0.2) is 11.3 Å². The van der Waals surface area contributed by atoms with Crippen LogP contribution >= 0.6 is 27.3 Å². The number of ether oxygens (including phenoxy) is 1. The number of carbonyl (C=O) groups excluding carboxylic acids is 1. The van der Waals surface area contributed by atoms with Gasteiger partial charge in [-0.1, -0.05) is 46.3 Å². The van der Waals surface area contributed by atoms with Crippen molar-refractivity contribution in [3.8, 4) is 16.3 Å². The Labute approximate surface area is 140 Å². The molecule has 0 aliphatic heterocycles. The van der Waals surface area contributed by atoms with Gasteiger partial charge < -0.3 is 4.74 Å². The molecule has 5 heteroatoms. The molecular weight excluding hydrogens is 362 g/mol. The average Bonchev–Trinajstić information content (AvgIpc) is 3.03. The van der Waals surface area contributed by atoms with Crippen molar-refractivity contribution >= 4 is 33.6 Å². The van der Waals surface area contributed by atoms with E-state index in [9.17, 15) is 4.79 Å². The van der Waals surface area contributed by atoms with E-state index in [2.05, 4.69) is 20.9 Å². The Morgan fingerprint density at radius 2 is 2.00 bits per heavy atom. The third kappa shape index (κ3) is 3.43. The minimum atomic E-state index is 0.339. The van der Waals surface area contributed by atoms with Gasteiger partial charge >= 0.3 is 0 Å². The van der Waals surface area contributed by atoms with E-state index in [4.69, 9.17) is 4.74 Å². The van der Waals surface area contributed by atoms with Gasteiger partial charge in [-0.2, -0.15) is 0 Å². The molecule has 0 saturated carbocycles. The van der Waals surface area contributed by atoms with Crippen LogP contribution in [0, 0.1) is 0 Å². The van der Waals surface area contributed by atoms with Gasteiger partial charge in [-0.3, -0.25) is 4.79 Å². The van der Waals surface area contributed by atoms with Crippen molar-refractivity contribution in [3.05, 3.63) is 69.6 Å². The van der Waals surface area contributed by atoms with Crippen LogP contribution in [0.3, 0.4) is 0 Å². The summed E-state index contributed by atoms with van der Waals surface area (Å²) in [5, 5.41) is 2.94. The fourth-order valence-corrected chi connectivity index (χ4v) is 3.17. The van der Waals surface area contributed by atoms with E-state index in [1.54, 1.807) is 23.5 Å². The molecule has 1 aromatic heterocycles. The topological polar surface area (TPSA) is 39.2 Å². The third-order valence-electron chi connectivity index (χ3n) is 3.05. The Morgan fingerprint density at radius 1 is 1.18 bits per heavy atom. The lowest BCUT2D eigenvalue weighted by Gasteiger charge is -2.07. The molecule has 0 atom stereocenters. The summed E-state index contributed by atoms with van der Waals surface area (Å²) in [6.45, 7) is 0.339. The maximum Gasteiger partial charge on any atom is 0.153 e. The third-order valence-corrected chi connectivity index (χ3v) is 4.48. The monoisotopic (exact) mass is 373 g/mol. The highest BCUT2D eigenvalue weighted by Crippen LogP contribution is 2.25. The fourth-order valence-electron chi connectivity index (χ4n) is 1.98. The Bertz CT molecular complexity index is 786. The highest BCUT2D eigenvalue weighted by Gasteiger charge is 2.07. The van der Waals surface area contributed by atoms with Crippen LogP contribution in [0.15, 0.2) is 58.4 Å². The highest BCUT2D eigenvalue weighted by atomic mass is 79.9. The minimum absolute atomic E-state index is 0.339. The van der Waals surface area contributed by atoms with E-state index in [1.165, 1.54) is 0 Å². The second-order valence-electron chi connectivity index (χ2n) is 4.60. The van der Waals surface area contributed by atoms with Gasteiger partial charge in [0, 0.05) is 15.4 Å². The molecule has 3 rings (SSSR count). The van der Waals surface area contributed by atoms with E-state index in [0.717, 1.165) is 27.0 Å². The number of aldehydes is 1. The van der Waals surface area contributed by atoms with Gasteiger partial charge in [0.05, 0.1) is 11.3 Å². The van der Waals surface area contributed by atoms with E-state index in [1.807, 2.05) is 41.8 Å². The number of benzene rings is 2. The van der Waals surface area contributed by atoms with Crippen LogP contribution in [0.25, 0.3) is 10.6 Å². The van der Waals surface area contributed by atoms with Crippen molar-refractivity contribution in [2.24, 2.45) is 0 Å². The standard InChI is InChI=1S/C17H12BrNO2S/c18-14-6-7-16(13(8-14)9-20)21-10-15-11-22-17(19-15)12-4-2-1-3-5-12/h1-9,11H,10H2. The number of hydrogen-bond donors (Lipinski definition) is 0. The van der Waals surface area contributed by atoms with Crippen LogP contribution in [0.5, 0.6) is 5.75 Å². The van der Waals surface area contributed by atoms with Gasteiger partial charge in [0.15, 0.2) is 6.29 Å². The van der Waals surface area contributed by atoms with Crippen molar-refractivity contribution in [1.82, 2.24) is 4.98 Å². The summed E-state index contributed by atoms with van der Waals surface area (Å²) >= 11 is 4.92. The summed E-state index contributed by atoms with van der Waals surface area (Å²) in [5.74, 6) is 0.562. The predicted molar refractivity (Wildman–Crippen MR) is 91.4 cm³/mol. The van der Waals surface area contributed by atoms with Gasteiger partial charge in [-0.15, -0.1) is 11.3 Å². The molecule has 0 fully saturated rings. The highest BCUT2D eigenvalue weighted by molar-refractivity contribution is 9.10. The van der Waals surface area contributed by atoms with Crippen molar-refractivity contribution in [2.45, 2.75) is 6.61 Å². The molecule has 0 aliphatic carbocycles. The molecule has 0 N–H and O–H groups in total. The van der Waals surface area contributed by atoms with Crippen molar-refractivity contribution in [1.29, 1.82) is 0 Å². The number of carbonyl (C=O) groups is 1. The maximum atomic E-state index is 11.1. The first-order valence-electron chi connectivity index (χ1n) is 6.63. The van der Waals surface area contributed by atoms with Crippen molar-refractivity contribution in [3.63, 3.8) is 0 Å². The predicted octanol–water partition coefficient (Wildman–Crippen LogP) is 4.96. The fraction of sp³-hybridized carbons (Fsp3) is 0.0588. The van der Waals surface area contributed by atoms with Crippen LogP contribution in [0.1, 0.15) is 16.1 Å². The molecule has 0 amide bonds. The number of aromatic nitrogens is 1. The van der Waals surface area contributed by atoms with Gasteiger partial charge in [0.1, 0.15) is 17.4 Å². The lowest BCUT2D eigenvalue weighted by atomic mass is 10.2. The Morgan fingerprint density at radius 3 is 2.77 bits per heavy atom. The number of rotatable bonds is 5. The number of halogens is 1. The zero-order chi connectivity index (χ0) is 15.4. The molecule has 22 heavy (non-hydrogen) atoms. The molecule has 3 aromatic rings. The molecule has 0 saturated heterocycles. The zero-order valence-corrected chi connectivity index (χ0v) is 13.9. The average molecular weight is 374 g/mol. The smallest absolute Gasteiger partial charge is 0.153 e.